The Morgan fingerprint density at radius 1 is 1.21 bits per heavy atom. The van der Waals surface area contributed by atoms with Gasteiger partial charge in [-0.2, -0.15) is 0 Å². The summed E-state index contributed by atoms with van der Waals surface area (Å²) in [4.78, 5) is 8.36. The molecule has 19 heavy (non-hydrogen) atoms. The van der Waals surface area contributed by atoms with Crippen LogP contribution in [0.5, 0.6) is 0 Å². The number of nitrogens with one attached hydrogen (secondary N) is 1. The van der Waals surface area contributed by atoms with E-state index >= 15 is 0 Å². The Hall–Kier alpha value is -1.36. The van der Waals surface area contributed by atoms with E-state index in [0.29, 0.717) is 35.0 Å². The van der Waals surface area contributed by atoms with Crippen LogP contribution in [0.1, 0.15) is 11.4 Å². The van der Waals surface area contributed by atoms with Gasteiger partial charge in [0.2, 0.25) is 0 Å². The number of anilines is 1. The lowest BCUT2D eigenvalue weighted by Crippen LogP contribution is -2.05. The number of ether oxygens (including phenoxy) is 1. The van der Waals surface area contributed by atoms with E-state index in [2.05, 4.69) is 15.3 Å². The van der Waals surface area contributed by atoms with E-state index in [1.54, 1.807) is 13.2 Å². The maximum absolute atomic E-state index is 5.93. The monoisotopic (exact) mass is 297 g/mol. The number of hydrogen-bond donors (Lipinski definition) is 1. The van der Waals surface area contributed by atoms with Gasteiger partial charge in [-0.25, -0.2) is 9.97 Å². The minimum absolute atomic E-state index is 0.326. The van der Waals surface area contributed by atoms with E-state index in [0.717, 1.165) is 5.56 Å². The Kier molecular flexibility index (Phi) is 4.96. The van der Waals surface area contributed by atoms with Gasteiger partial charge >= 0.3 is 0 Å². The Labute approximate surface area is 121 Å². The molecule has 2 aromatic rings. The zero-order valence-corrected chi connectivity index (χ0v) is 11.9. The standard InChI is InChI=1S/C13H13Cl2N3O/c1-19-8-13-17-11(15)6-12(18-13)16-7-9-3-2-4-10(14)5-9/h2-6H,7-8H2,1H3,(H,16,17,18). The molecule has 0 aliphatic rings. The third-order valence-electron chi connectivity index (χ3n) is 2.38. The largest absolute Gasteiger partial charge is 0.377 e. The molecule has 0 atom stereocenters. The summed E-state index contributed by atoms with van der Waals surface area (Å²) in [7, 11) is 1.59. The number of hydrogen-bond acceptors (Lipinski definition) is 4. The van der Waals surface area contributed by atoms with Crippen LogP contribution in [0, 0.1) is 0 Å². The Balaban J connectivity index is 2.06. The van der Waals surface area contributed by atoms with Crippen molar-refractivity contribution in [2.45, 2.75) is 13.2 Å². The molecule has 1 heterocycles. The van der Waals surface area contributed by atoms with Crippen LogP contribution < -0.4 is 5.32 Å². The van der Waals surface area contributed by atoms with Crippen molar-refractivity contribution < 1.29 is 4.74 Å². The van der Waals surface area contributed by atoms with Crippen molar-refractivity contribution in [3.05, 3.63) is 51.9 Å². The lowest BCUT2D eigenvalue weighted by Gasteiger charge is -2.08. The van der Waals surface area contributed by atoms with E-state index in [9.17, 15) is 0 Å². The van der Waals surface area contributed by atoms with Crippen LogP contribution in [0.3, 0.4) is 0 Å². The number of nitrogens with zero attached hydrogens (tertiary/aromatic N) is 2. The van der Waals surface area contributed by atoms with Crippen molar-refractivity contribution in [2.75, 3.05) is 12.4 Å². The highest BCUT2D eigenvalue weighted by Gasteiger charge is 2.03. The number of halogens is 2. The van der Waals surface area contributed by atoms with Crippen LogP contribution >= 0.6 is 23.2 Å². The topological polar surface area (TPSA) is 47.0 Å². The Bertz CT molecular complexity index is 563. The van der Waals surface area contributed by atoms with Crippen molar-refractivity contribution in [1.29, 1.82) is 0 Å². The van der Waals surface area contributed by atoms with Gasteiger partial charge in [-0.05, 0) is 17.7 Å². The van der Waals surface area contributed by atoms with Gasteiger partial charge in [0.05, 0.1) is 0 Å². The molecular weight excluding hydrogens is 285 g/mol. The summed E-state index contributed by atoms with van der Waals surface area (Å²) in [6, 6.07) is 9.29. The molecule has 0 saturated carbocycles. The third kappa shape index (κ3) is 4.35. The minimum atomic E-state index is 0.326. The fraction of sp³-hybridized carbons (Fsp3) is 0.231. The van der Waals surface area contributed by atoms with E-state index in [1.165, 1.54) is 0 Å². The van der Waals surface area contributed by atoms with Gasteiger partial charge in [0.1, 0.15) is 17.6 Å². The van der Waals surface area contributed by atoms with E-state index in [-0.39, 0.29) is 0 Å². The second kappa shape index (κ2) is 6.70. The summed E-state index contributed by atoms with van der Waals surface area (Å²) in [5.74, 6) is 1.20. The number of benzene rings is 1. The SMILES string of the molecule is COCc1nc(Cl)cc(NCc2cccc(Cl)c2)n1. The van der Waals surface area contributed by atoms with Crippen molar-refractivity contribution in [3.63, 3.8) is 0 Å². The molecule has 0 aliphatic carbocycles. The van der Waals surface area contributed by atoms with Crippen molar-refractivity contribution in [1.82, 2.24) is 9.97 Å². The normalized spacial score (nSPS) is 10.5. The highest BCUT2D eigenvalue weighted by atomic mass is 35.5. The number of rotatable bonds is 5. The summed E-state index contributed by atoms with van der Waals surface area (Å²) in [5.41, 5.74) is 1.07. The molecular formula is C13H13Cl2N3O. The lowest BCUT2D eigenvalue weighted by molar-refractivity contribution is 0.178. The van der Waals surface area contributed by atoms with Gasteiger partial charge in [0.15, 0.2) is 5.82 Å². The third-order valence-corrected chi connectivity index (χ3v) is 2.81. The maximum Gasteiger partial charge on any atom is 0.158 e. The molecule has 0 bridgehead atoms. The first-order chi connectivity index (χ1) is 9.17. The first kappa shape index (κ1) is 14.1. The second-order valence-corrected chi connectivity index (χ2v) is 4.73. The quantitative estimate of drug-likeness (QED) is 0.858. The smallest absolute Gasteiger partial charge is 0.158 e. The Morgan fingerprint density at radius 3 is 2.79 bits per heavy atom. The predicted octanol–water partition coefficient (Wildman–Crippen LogP) is 3.54. The molecule has 6 heteroatoms. The number of methoxy groups -OCH3 is 1. The van der Waals surface area contributed by atoms with Crippen LogP contribution in [-0.4, -0.2) is 17.1 Å². The van der Waals surface area contributed by atoms with Gasteiger partial charge in [0.25, 0.3) is 0 Å². The first-order valence-electron chi connectivity index (χ1n) is 5.68. The van der Waals surface area contributed by atoms with E-state index < -0.39 is 0 Å². The molecule has 0 radical (unpaired) electrons. The van der Waals surface area contributed by atoms with Gasteiger partial charge < -0.3 is 10.1 Å². The van der Waals surface area contributed by atoms with Gasteiger partial charge in [0, 0.05) is 24.7 Å². The van der Waals surface area contributed by atoms with Crippen LogP contribution in [0.15, 0.2) is 30.3 Å². The fourth-order valence-electron chi connectivity index (χ4n) is 1.59. The summed E-state index contributed by atoms with van der Waals surface area (Å²) in [5, 5.41) is 4.27. The summed E-state index contributed by atoms with van der Waals surface area (Å²) >= 11 is 11.9. The average Bonchev–Trinajstić information content (AvgIpc) is 2.36. The highest BCUT2D eigenvalue weighted by Crippen LogP contribution is 2.15. The molecule has 0 saturated heterocycles. The molecule has 0 amide bonds. The Morgan fingerprint density at radius 2 is 2.05 bits per heavy atom. The molecule has 1 N–H and O–H groups in total. The zero-order valence-electron chi connectivity index (χ0n) is 10.4. The summed E-state index contributed by atoms with van der Waals surface area (Å²) in [6.07, 6.45) is 0. The molecule has 0 unspecified atom stereocenters. The summed E-state index contributed by atoms with van der Waals surface area (Å²) < 4.78 is 4.99. The lowest BCUT2D eigenvalue weighted by atomic mass is 10.2. The van der Waals surface area contributed by atoms with Crippen molar-refractivity contribution in [2.24, 2.45) is 0 Å². The van der Waals surface area contributed by atoms with E-state index in [1.807, 2.05) is 24.3 Å². The van der Waals surface area contributed by atoms with Gasteiger partial charge in [-0.1, -0.05) is 35.3 Å². The van der Waals surface area contributed by atoms with Crippen LogP contribution in [0.25, 0.3) is 0 Å². The van der Waals surface area contributed by atoms with Crippen LogP contribution in [0.4, 0.5) is 5.82 Å². The molecule has 1 aromatic heterocycles. The predicted molar refractivity (Wildman–Crippen MR) is 76.5 cm³/mol. The fourth-order valence-corrected chi connectivity index (χ4v) is 2.00. The van der Waals surface area contributed by atoms with Crippen molar-refractivity contribution >= 4 is 29.0 Å². The average molecular weight is 298 g/mol. The zero-order chi connectivity index (χ0) is 13.7. The molecule has 0 spiro atoms. The van der Waals surface area contributed by atoms with Crippen LogP contribution in [-0.2, 0) is 17.9 Å². The molecule has 100 valence electrons. The van der Waals surface area contributed by atoms with Crippen LogP contribution in [0.2, 0.25) is 10.2 Å². The minimum Gasteiger partial charge on any atom is -0.377 e. The number of aromatic nitrogens is 2. The molecule has 1 aromatic carbocycles. The molecule has 4 nitrogen and oxygen atoms in total. The second-order valence-electron chi connectivity index (χ2n) is 3.91. The van der Waals surface area contributed by atoms with Gasteiger partial charge in [-0.15, -0.1) is 0 Å². The first-order valence-corrected chi connectivity index (χ1v) is 6.43. The van der Waals surface area contributed by atoms with Crippen molar-refractivity contribution in [3.8, 4) is 0 Å². The highest BCUT2D eigenvalue weighted by molar-refractivity contribution is 6.30. The van der Waals surface area contributed by atoms with E-state index in [4.69, 9.17) is 27.9 Å². The maximum atomic E-state index is 5.93. The molecule has 0 fully saturated rings. The van der Waals surface area contributed by atoms with Gasteiger partial charge in [-0.3, -0.25) is 0 Å². The molecule has 2 rings (SSSR count). The molecule has 0 aliphatic heterocycles. The summed E-state index contributed by atoms with van der Waals surface area (Å²) in [6.45, 7) is 0.937.